The van der Waals surface area contributed by atoms with Crippen molar-refractivity contribution in [2.75, 3.05) is 11.9 Å². The first kappa shape index (κ1) is 18.4. The number of amides is 1. The molecule has 0 radical (unpaired) electrons. The van der Waals surface area contributed by atoms with Gasteiger partial charge in [0.2, 0.25) is 0 Å². The van der Waals surface area contributed by atoms with Gasteiger partial charge in [-0.2, -0.15) is 0 Å². The molecule has 1 N–H and O–H groups in total. The molecule has 2 rings (SSSR count). The van der Waals surface area contributed by atoms with Gasteiger partial charge in [-0.05, 0) is 49.2 Å². The molecule has 0 aliphatic carbocycles. The lowest BCUT2D eigenvalue weighted by Gasteiger charge is -2.08. The molecule has 0 aromatic heterocycles. The lowest BCUT2D eigenvalue weighted by molar-refractivity contribution is -0.383. The second kappa shape index (κ2) is 7.76. The molecule has 1 amide bonds. The molecule has 0 bridgehead atoms. The summed E-state index contributed by atoms with van der Waals surface area (Å²) in [5, 5.41) is 13.5. The number of carbonyl (C=O) groups excluding carboxylic acids is 2. The number of halogens is 1. The highest BCUT2D eigenvalue weighted by Gasteiger charge is 2.17. The largest absolute Gasteiger partial charge is 0.452 e. The molecule has 2 aromatic rings. The smallest absolute Gasteiger partial charge is 0.338 e. The van der Waals surface area contributed by atoms with Crippen molar-refractivity contribution in [1.29, 1.82) is 0 Å². The van der Waals surface area contributed by atoms with E-state index < -0.39 is 23.4 Å². The van der Waals surface area contributed by atoms with E-state index in [9.17, 15) is 19.7 Å². The molecule has 25 heavy (non-hydrogen) atoms. The average Bonchev–Trinajstić information content (AvgIpc) is 2.55. The number of rotatable bonds is 5. The Hall–Kier alpha value is -2.93. The van der Waals surface area contributed by atoms with E-state index in [1.807, 2.05) is 13.8 Å². The molecule has 8 heteroatoms. The summed E-state index contributed by atoms with van der Waals surface area (Å²) in [5.41, 5.74) is 1.91. The summed E-state index contributed by atoms with van der Waals surface area (Å²) in [7, 11) is 0. The highest BCUT2D eigenvalue weighted by atomic mass is 35.5. The number of nitrogens with one attached hydrogen (secondary N) is 1. The number of anilines is 1. The summed E-state index contributed by atoms with van der Waals surface area (Å²) in [4.78, 5) is 34.2. The average molecular weight is 363 g/mol. The van der Waals surface area contributed by atoms with Crippen LogP contribution >= 0.6 is 11.6 Å². The van der Waals surface area contributed by atoms with E-state index in [2.05, 4.69) is 5.32 Å². The lowest BCUT2D eigenvalue weighted by Crippen LogP contribution is -2.21. The van der Waals surface area contributed by atoms with Crippen LogP contribution in [-0.2, 0) is 9.53 Å². The Morgan fingerprint density at radius 3 is 2.52 bits per heavy atom. The van der Waals surface area contributed by atoms with E-state index in [4.69, 9.17) is 16.3 Å². The molecule has 0 aliphatic rings. The van der Waals surface area contributed by atoms with Crippen LogP contribution in [0.15, 0.2) is 36.4 Å². The maximum absolute atomic E-state index is 12.0. The highest BCUT2D eigenvalue weighted by Crippen LogP contribution is 2.27. The first-order valence-corrected chi connectivity index (χ1v) is 7.64. The minimum Gasteiger partial charge on any atom is -0.452 e. The number of hydrogen-bond donors (Lipinski definition) is 1. The van der Waals surface area contributed by atoms with Crippen LogP contribution in [0.1, 0.15) is 21.5 Å². The maximum atomic E-state index is 12.0. The van der Waals surface area contributed by atoms with Crippen LogP contribution in [0.2, 0.25) is 5.02 Å². The van der Waals surface area contributed by atoms with E-state index >= 15 is 0 Å². The van der Waals surface area contributed by atoms with Gasteiger partial charge in [0.05, 0.1) is 10.5 Å². The third-order valence-corrected chi connectivity index (χ3v) is 3.74. The number of ether oxygens (including phenoxy) is 1. The Labute approximate surface area is 148 Å². The number of hydrogen-bond acceptors (Lipinski definition) is 5. The number of nitro benzene ring substituents is 1. The Bertz CT molecular complexity index is 851. The molecule has 130 valence electrons. The second-order valence-corrected chi connectivity index (χ2v) is 5.78. The van der Waals surface area contributed by atoms with Crippen LogP contribution in [0.3, 0.4) is 0 Å². The third-order valence-electron chi connectivity index (χ3n) is 3.51. The molecule has 2 aromatic carbocycles. The van der Waals surface area contributed by atoms with Gasteiger partial charge >= 0.3 is 5.97 Å². The molecule has 0 heterocycles. The standard InChI is InChI=1S/C17H15ClN2O5/c1-10-3-4-12(7-11(10)2)17(22)25-9-16(21)19-14-8-13(18)5-6-15(14)20(23)24/h3-8H,9H2,1-2H3,(H,19,21). The van der Waals surface area contributed by atoms with Gasteiger partial charge in [0, 0.05) is 11.1 Å². The van der Waals surface area contributed by atoms with Gasteiger partial charge in [-0.25, -0.2) is 4.79 Å². The van der Waals surface area contributed by atoms with Crippen molar-refractivity contribution in [1.82, 2.24) is 0 Å². The van der Waals surface area contributed by atoms with Gasteiger partial charge < -0.3 is 10.1 Å². The maximum Gasteiger partial charge on any atom is 0.338 e. The van der Waals surface area contributed by atoms with Crippen LogP contribution in [0, 0.1) is 24.0 Å². The van der Waals surface area contributed by atoms with Crippen LogP contribution in [0.5, 0.6) is 0 Å². The van der Waals surface area contributed by atoms with Gasteiger partial charge in [-0.3, -0.25) is 14.9 Å². The Kier molecular flexibility index (Phi) is 5.71. The van der Waals surface area contributed by atoms with Crippen molar-refractivity contribution < 1.29 is 19.2 Å². The zero-order chi connectivity index (χ0) is 18.6. The van der Waals surface area contributed by atoms with E-state index in [1.165, 1.54) is 18.2 Å². The van der Waals surface area contributed by atoms with E-state index in [-0.39, 0.29) is 16.4 Å². The summed E-state index contributed by atoms with van der Waals surface area (Å²) in [6.07, 6.45) is 0. The Balaban J connectivity index is 2.01. The predicted octanol–water partition coefficient (Wildman–Crippen LogP) is 3.66. The van der Waals surface area contributed by atoms with Gasteiger partial charge in [-0.1, -0.05) is 17.7 Å². The number of nitro groups is 1. The normalized spacial score (nSPS) is 10.2. The zero-order valence-corrected chi connectivity index (χ0v) is 14.3. The molecular weight excluding hydrogens is 348 g/mol. The predicted molar refractivity (Wildman–Crippen MR) is 92.9 cm³/mol. The third kappa shape index (κ3) is 4.77. The minimum absolute atomic E-state index is 0.0651. The monoisotopic (exact) mass is 362 g/mol. The van der Waals surface area contributed by atoms with Crippen LogP contribution in [-0.4, -0.2) is 23.4 Å². The van der Waals surface area contributed by atoms with Crippen LogP contribution < -0.4 is 5.32 Å². The molecule has 0 fully saturated rings. The first-order chi connectivity index (χ1) is 11.8. The first-order valence-electron chi connectivity index (χ1n) is 7.26. The van der Waals surface area contributed by atoms with E-state index in [0.29, 0.717) is 5.56 Å². The number of nitrogens with zero attached hydrogens (tertiary/aromatic N) is 1. The molecular formula is C17H15ClN2O5. The summed E-state index contributed by atoms with van der Waals surface area (Å²) >= 11 is 5.78. The van der Waals surface area contributed by atoms with Crippen molar-refractivity contribution in [3.8, 4) is 0 Å². The molecule has 0 unspecified atom stereocenters. The number of carbonyl (C=O) groups is 2. The van der Waals surface area contributed by atoms with Crippen molar-refractivity contribution in [3.05, 3.63) is 68.2 Å². The molecule has 0 saturated heterocycles. The quantitative estimate of drug-likeness (QED) is 0.497. The molecule has 7 nitrogen and oxygen atoms in total. The SMILES string of the molecule is Cc1ccc(C(=O)OCC(=O)Nc2cc(Cl)ccc2[N+](=O)[O-])cc1C. The Morgan fingerprint density at radius 2 is 1.88 bits per heavy atom. The van der Waals surface area contributed by atoms with Gasteiger partial charge in [0.15, 0.2) is 6.61 Å². The highest BCUT2D eigenvalue weighted by molar-refractivity contribution is 6.31. The van der Waals surface area contributed by atoms with Gasteiger partial charge in [-0.15, -0.1) is 0 Å². The van der Waals surface area contributed by atoms with E-state index in [1.54, 1.807) is 18.2 Å². The minimum atomic E-state index is -0.706. The number of esters is 1. The molecule has 0 saturated carbocycles. The number of aryl methyl sites for hydroxylation is 2. The lowest BCUT2D eigenvalue weighted by atomic mass is 10.1. The fourth-order valence-corrected chi connectivity index (χ4v) is 2.21. The second-order valence-electron chi connectivity index (χ2n) is 5.34. The van der Waals surface area contributed by atoms with Gasteiger partial charge in [0.1, 0.15) is 5.69 Å². The van der Waals surface area contributed by atoms with Crippen molar-refractivity contribution in [3.63, 3.8) is 0 Å². The van der Waals surface area contributed by atoms with Crippen molar-refractivity contribution >= 4 is 34.9 Å². The fraction of sp³-hybridized carbons (Fsp3) is 0.176. The summed E-state index contributed by atoms with van der Waals surface area (Å²) in [5.74, 6) is -1.36. The van der Waals surface area contributed by atoms with Crippen LogP contribution in [0.4, 0.5) is 11.4 Å². The molecule has 0 aliphatic heterocycles. The topological polar surface area (TPSA) is 98.5 Å². The summed E-state index contributed by atoms with van der Waals surface area (Å²) in [6, 6.07) is 8.82. The van der Waals surface area contributed by atoms with Crippen LogP contribution in [0.25, 0.3) is 0 Å². The van der Waals surface area contributed by atoms with Gasteiger partial charge in [0.25, 0.3) is 11.6 Å². The molecule has 0 spiro atoms. The summed E-state index contributed by atoms with van der Waals surface area (Å²) in [6.45, 7) is 3.20. The van der Waals surface area contributed by atoms with Crippen molar-refractivity contribution in [2.45, 2.75) is 13.8 Å². The van der Waals surface area contributed by atoms with Crippen molar-refractivity contribution in [2.24, 2.45) is 0 Å². The Morgan fingerprint density at radius 1 is 1.16 bits per heavy atom. The van der Waals surface area contributed by atoms with E-state index in [0.717, 1.165) is 11.1 Å². The summed E-state index contributed by atoms with van der Waals surface area (Å²) < 4.78 is 4.93. The molecule has 0 atom stereocenters. The zero-order valence-electron chi connectivity index (χ0n) is 13.5. The fourth-order valence-electron chi connectivity index (χ4n) is 2.04. The number of benzene rings is 2.